The number of aryl methyl sites for hydroxylation is 1. The van der Waals surface area contributed by atoms with Crippen LogP contribution in [-0.2, 0) is 4.74 Å². The van der Waals surface area contributed by atoms with Gasteiger partial charge in [0.2, 0.25) is 0 Å². The van der Waals surface area contributed by atoms with Gasteiger partial charge in [-0.05, 0) is 105 Å². The molecule has 0 aliphatic carbocycles. The number of halogens is 1. The molecule has 3 atom stereocenters. The van der Waals surface area contributed by atoms with Crippen molar-refractivity contribution >= 4 is 17.0 Å². The molecule has 1 fully saturated rings. The molecule has 0 spiro atoms. The van der Waals surface area contributed by atoms with Crippen molar-refractivity contribution in [3.05, 3.63) is 126 Å². The summed E-state index contributed by atoms with van der Waals surface area (Å²) in [6.45, 7) is 21.1. The maximum atomic E-state index is 12.4. The number of phenolic OH excluding ortho intramolecular Hbond substituents is 1. The minimum atomic E-state index is -0.379. The van der Waals surface area contributed by atoms with Gasteiger partial charge in [-0.25, -0.2) is 4.39 Å². The molecule has 0 radical (unpaired) electrons. The van der Waals surface area contributed by atoms with E-state index in [1.807, 2.05) is 78.8 Å². The quantitative estimate of drug-likeness (QED) is 0.0970. The van der Waals surface area contributed by atoms with Gasteiger partial charge in [-0.2, -0.15) is 0 Å². The molecule has 3 aromatic carbocycles. The highest BCUT2D eigenvalue weighted by Gasteiger charge is 2.22. The van der Waals surface area contributed by atoms with E-state index in [4.69, 9.17) is 14.9 Å². The molecule has 52 heavy (non-hydrogen) atoms. The van der Waals surface area contributed by atoms with Crippen molar-refractivity contribution in [2.75, 3.05) is 31.3 Å². The fourth-order valence-electron chi connectivity index (χ4n) is 4.88. The molecule has 0 bridgehead atoms. The number of phenols is 1. The molecule has 3 aromatic rings. The Morgan fingerprint density at radius 1 is 0.962 bits per heavy atom. The summed E-state index contributed by atoms with van der Waals surface area (Å²) in [6.07, 6.45) is 7.86. The molecular weight excluding hydrogens is 657 g/mol. The molecule has 288 valence electrons. The molecule has 0 amide bonds. The Kier molecular flexibility index (Phi) is 26.3. The van der Waals surface area contributed by atoms with E-state index in [0.29, 0.717) is 12.0 Å². The lowest BCUT2D eigenvalue weighted by atomic mass is 10.0. The predicted octanol–water partition coefficient (Wildman–Crippen LogP) is 9.48. The number of nitrogens with zero attached hydrogens (tertiary/aromatic N) is 1. The summed E-state index contributed by atoms with van der Waals surface area (Å²) in [5.74, 6) is -0.282. The molecule has 8 heteroatoms. The Balaban J connectivity index is 0.000000795. The number of carbonyl (C=O) groups is 1. The van der Waals surface area contributed by atoms with Gasteiger partial charge >= 0.3 is 0 Å². The Bertz CT molecular complexity index is 1460. The minimum absolute atomic E-state index is 0.0175. The molecule has 4 rings (SSSR count). The average molecular weight is 722 g/mol. The van der Waals surface area contributed by atoms with Gasteiger partial charge in [0.25, 0.3) is 0 Å². The minimum Gasteiger partial charge on any atom is -0.508 e. The van der Waals surface area contributed by atoms with Crippen LogP contribution < -0.4 is 4.90 Å². The second-order valence-electron chi connectivity index (χ2n) is 11.6. The number of ether oxygens (including phenoxy) is 1. The number of hydrogen-bond donors (Lipinski definition) is 4. The van der Waals surface area contributed by atoms with E-state index >= 15 is 0 Å². The molecule has 0 saturated carbocycles. The lowest BCUT2D eigenvalue weighted by Gasteiger charge is -2.40. The third-order valence-corrected chi connectivity index (χ3v) is 8.06. The van der Waals surface area contributed by atoms with Gasteiger partial charge in [0.15, 0.2) is 5.78 Å². The number of aliphatic hydroxyl groups excluding tert-OH is 3. The highest BCUT2D eigenvalue weighted by atomic mass is 19.1. The summed E-state index contributed by atoms with van der Waals surface area (Å²) < 4.78 is 18.3. The normalized spacial score (nSPS) is 14.4. The largest absolute Gasteiger partial charge is 0.508 e. The topological polar surface area (TPSA) is 110 Å². The summed E-state index contributed by atoms with van der Waals surface area (Å²) in [6, 6.07) is 22.1. The first kappa shape index (κ1) is 47.9. The van der Waals surface area contributed by atoms with Crippen LogP contribution in [0.4, 0.5) is 10.1 Å². The standard InChI is InChI=1S/C21H30O4.C10H13N.C9H9FO2.2C2H6/c1-5-17(21(6-2)25-19(14-23)11-12-22)9-7-15(3)18-10-8-16(4)20(24)13-18;1-9-7-8-11(9)10-5-3-2-4-6-10;10-8-3-1-7(2-4-8)9(12)5-6-11;2*1-2/h5,7-10,13,19,21-24H,3,6,11-12,14H2,1-2,4H3;2-6,9H,7-8H2,1H3;1-4,11H,5-6H2;2*1-2H3/b9-7-,17-5+;;;;. The monoisotopic (exact) mass is 721 g/mol. The average Bonchev–Trinajstić information content (AvgIpc) is 3.17. The first-order chi connectivity index (χ1) is 25.1. The van der Waals surface area contributed by atoms with Crippen molar-refractivity contribution in [3.8, 4) is 5.75 Å². The number of aromatic hydroxyl groups is 1. The van der Waals surface area contributed by atoms with Crippen molar-refractivity contribution in [1.29, 1.82) is 0 Å². The van der Waals surface area contributed by atoms with Crippen LogP contribution in [0, 0.1) is 12.7 Å². The van der Waals surface area contributed by atoms with E-state index in [1.54, 1.807) is 6.07 Å². The summed E-state index contributed by atoms with van der Waals surface area (Å²) in [4.78, 5) is 13.5. The molecule has 1 aliphatic rings. The molecule has 1 heterocycles. The first-order valence-electron chi connectivity index (χ1n) is 18.5. The molecular formula is C44H64FNO6. The van der Waals surface area contributed by atoms with Gasteiger partial charge in [-0.15, -0.1) is 0 Å². The third-order valence-electron chi connectivity index (χ3n) is 8.06. The van der Waals surface area contributed by atoms with Crippen molar-refractivity contribution in [2.45, 2.75) is 99.3 Å². The Morgan fingerprint density at radius 2 is 1.58 bits per heavy atom. The van der Waals surface area contributed by atoms with Crippen LogP contribution in [0.3, 0.4) is 0 Å². The Hall–Kier alpha value is -4.08. The maximum absolute atomic E-state index is 12.4. The SMILES string of the molecule is C=C(/C=C\C(=C/C)C(CC)OC(CO)CCO)c1ccc(C)c(O)c1.CC.CC.CC1CCN1c1ccccc1.O=C(CCO)c1ccc(F)cc1. The summed E-state index contributed by atoms with van der Waals surface area (Å²) in [7, 11) is 0. The number of aliphatic hydroxyl groups is 3. The third kappa shape index (κ3) is 17.4. The van der Waals surface area contributed by atoms with E-state index in [1.165, 1.54) is 42.9 Å². The van der Waals surface area contributed by atoms with Crippen molar-refractivity contribution < 1.29 is 34.3 Å². The number of hydrogen-bond acceptors (Lipinski definition) is 7. The molecule has 3 unspecified atom stereocenters. The second-order valence-corrected chi connectivity index (χ2v) is 11.6. The number of Topliss-reactive ketones (excluding diaryl/α,β-unsaturated/α-hetero) is 1. The van der Waals surface area contributed by atoms with Crippen LogP contribution in [-0.4, -0.2) is 70.8 Å². The number of anilines is 1. The number of rotatable bonds is 14. The van der Waals surface area contributed by atoms with Crippen LogP contribution in [0.15, 0.2) is 103 Å². The highest BCUT2D eigenvalue weighted by Crippen LogP contribution is 2.26. The lowest BCUT2D eigenvalue weighted by molar-refractivity contribution is -0.0339. The van der Waals surface area contributed by atoms with Crippen molar-refractivity contribution in [3.63, 3.8) is 0 Å². The molecule has 4 N–H and O–H groups in total. The van der Waals surface area contributed by atoms with Crippen LogP contribution in [0.2, 0.25) is 0 Å². The van der Waals surface area contributed by atoms with Crippen LogP contribution in [0.1, 0.15) is 95.6 Å². The van der Waals surface area contributed by atoms with Gasteiger partial charge in [0.05, 0.1) is 25.4 Å². The lowest BCUT2D eigenvalue weighted by Crippen LogP contribution is -2.45. The van der Waals surface area contributed by atoms with E-state index in [2.05, 4.69) is 48.7 Å². The summed E-state index contributed by atoms with van der Waals surface area (Å²) in [5, 5.41) is 36.7. The second kappa shape index (κ2) is 28.5. The Morgan fingerprint density at radius 3 is 2.04 bits per heavy atom. The van der Waals surface area contributed by atoms with Gasteiger partial charge in [-0.1, -0.05) is 89.8 Å². The number of carbonyl (C=O) groups excluding carboxylic acids is 1. The molecule has 1 saturated heterocycles. The van der Waals surface area contributed by atoms with E-state index in [-0.39, 0.29) is 55.8 Å². The fraction of sp³-hybridized carbons (Fsp3) is 0.432. The highest BCUT2D eigenvalue weighted by molar-refractivity contribution is 5.96. The van der Waals surface area contributed by atoms with E-state index in [0.717, 1.165) is 34.7 Å². The zero-order valence-corrected chi connectivity index (χ0v) is 32.7. The van der Waals surface area contributed by atoms with E-state index in [9.17, 15) is 19.4 Å². The van der Waals surface area contributed by atoms with Gasteiger partial charge < -0.3 is 30.1 Å². The molecule has 0 aromatic heterocycles. The predicted molar refractivity (Wildman–Crippen MR) is 216 cm³/mol. The Labute approximate surface area is 312 Å². The fourth-order valence-corrected chi connectivity index (χ4v) is 4.88. The zero-order chi connectivity index (χ0) is 39.5. The van der Waals surface area contributed by atoms with Crippen LogP contribution in [0.25, 0.3) is 5.57 Å². The van der Waals surface area contributed by atoms with E-state index < -0.39 is 0 Å². The number of allylic oxidation sites excluding steroid dienone is 3. The number of ketones is 1. The van der Waals surface area contributed by atoms with Gasteiger partial charge in [0, 0.05) is 36.9 Å². The maximum Gasteiger partial charge on any atom is 0.165 e. The number of para-hydroxylation sites is 1. The van der Waals surface area contributed by atoms with Crippen molar-refractivity contribution in [1.82, 2.24) is 0 Å². The molecule has 7 nitrogen and oxygen atoms in total. The summed E-state index contributed by atoms with van der Waals surface area (Å²) in [5.41, 5.74) is 5.26. The van der Waals surface area contributed by atoms with Crippen LogP contribution >= 0.6 is 0 Å². The smallest absolute Gasteiger partial charge is 0.165 e. The van der Waals surface area contributed by atoms with Crippen LogP contribution in [0.5, 0.6) is 5.75 Å². The zero-order valence-electron chi connectivity index (χ0n) is 32.7. The molecule has 1 aliphatic heterocycles. The first-order valence-corrected chi connectivity index (χ1v) is 18.5. The number of benzene rings is 3. The van der Waals surface area contributed by atoms with Gasteiger partial charge in [0.1, 0.15) is 11.6 Å². The summed E-state index contributed by atoms with van der Waals surface area (Å²) >= 11 is 0. The van der Waals surface area contributed by atoms with Crippen molar-refractivity contribution in [2.24, 2.45) is 0 Å². The van der Waals surface area contributed by atoms with Gasteiger partial charge in [-0.3, -0.25) is 4.79 Å².